The third-order valence-electron chi connectivity index (χ3n) is 3.49. The van der Waals surface area contributed by atoms with Crippen LogP contribution < -0.4 is 5.43 Å². The first-order chi connectivity index (χ1) is 11.1. The molecule has 1 amide bonds. The molecule has 0 aliphatic heterocycles. The molecule has 0 unspecified atom stereocenters. The first-order valence-electron chi connectivity index (χ1n) is 7.20. The maximum Gasteiger partial charge on any atom is 0.289 e. The number of nitrogens with one attached hydrogen (secondary N) is 2. The molecule has 1 aromatic carbocycles. The van der Waals surface area contributed by atoms with Crippen molar-refractivity contribution in [3.63, 3.8) is 0 Å². The summed E-state index contributed by atoms with van der Waals surface area (Å²) in [6.07, 6.45) is 3.53. The average molecular weight is 307 g/mol. The Hall–Kier alpha value is -3.15. The van der Waals surface area contributed by atoms with Crippen molar-refractivity contribution in [2.75, 3.05) is 0 Å². The zero-order chi connectivity index (χ0) is 16.2. The third-order valence-corrected chi connectivity index (χ3v) is 3.49. The van der Waals surface area contributed by atoms with Crippen LogP contribution in [0.3, 0.4) is 0 Å². The van der Waals surface area contributed by atoms with Crippen LogP contribution in [0.4, 0.5) is 0 Å². The Labute approximate surface area is 133 Å². The minimum Gasteiger partial charge on any atom is -0.349 e. The fourth-order valence-corrected chi connectivity index (χ4v) is 2.17. The minimum absolute atomic E-state index is 0.332. The Morgan fingerprint density at radius 1 is 1.30 bits per heavy atom. The van der Waals surface area contributed by atoms with Crippen LogP contribution in [-0.2, 0) is 7.05 Å². The van der Waals surface area contributed by atoms with Gasteiger partial charge in [-0.05, 0) is 30.7 Å². The second-order valence-corrected chi connectivity index (χ2v) is 5.28. The van der Waals surface area contributed by atoms with Crippen molar-refractivity contribution in [3.05, 3.63) is 65.5 Å². The summed E-state index contributed by atoms with van der Waals surface area (Å²) < 4.78 is 1.94. The molecule has 3 rings (SSSR count). The lowest BCUT2D eigenvalue weighted by Crippen LogP contribution is -2.17. The molecule has 6 nitrogen and oxygen atoms in total. The quantitative estimate of drug-likeness (QED) is 0.574. The summed E-state index contributed by atoms with van der Waals surface area (Å²) in [6.45, 7) is 2.02. The molecular formula is C17H17N5O. The molecule has 0 spiro atoms. The molecule has 3 aromatic rings. The molecule has 6 heteroatoms. The van der Waals surface area contributed by atoms with Crippen molar-refractivity contribution >= 4 is 12.1 Å². The van der Waals surface area contributed by atoms with Crippen LogP contribution in [-0.4, -0.2) is 26.9 Å². The Balaban J connectivity index is 1.66. The summed E-state index contributed by atoms with van der Waals surface area (Å²) in [7, 11) is 1.93. The summed E-state index contributed by atoms with van der Waals surface area (Å²) in [5.41, 5.74) is 6.60. The van der Waals surface area contributed by atoms with Gasteiger partial charge in [-0.15, -0.1) is 0 Å². The summed E-state index contributed by atoms with van der Waals surface area (Å²) >= 11 is 0. The van der Waals surface area contributed by atoms with E-state index >= 15 is 0 Å². The SMILES string of the molecule is Cc1ccc(C=NNC(=O)c2cc(-c3cccn3C)n[nH]2)cc1. The fourth-order valence-electron chi connectivity index (χ4n) is 2.17. The predicted molar refractivity (Wildman–Crippen MR) is 89.2 cm³/mol. The molecule has 0 fully saturated rings. The largest absolute Gasteiger partial charge is 0.349 e. The number of rotatable bonds is 4. The van der Waals surface area contributed by atoms with E-state index in [1.807, 2.05) is 61.1 Å². The van der Waals surface area contributed by atoms with Crippen LogP contribution in [0.2, 0.25) is 0 Å². The summed E-state index contributed by atoms with van der Waals surface area (Å²) in [4.78, 5) is 12.1. The number of hydrazone groups is 1. The third kappa shape index (κ3) is 3.37. The molecule has 0 saturated carbocycles. The zero-order valence-corrected chi connectivity index (χ0v) is 12.9. The molecule has 23 heavy (non-hydrogen) atoms. The number of carbonyl (C=O) groups is 1. The number of aryl methyl sites for hydroxylation is 2. The van der Waals surface area contributed by atoms with Crippen molar-refractivity contribution in [2.45, 2.75) is 6.92 Å². The maximum absolute atomic E-state index is 12.1. The molecule has 2 N–H and O–H groups in total. The van der Waals surface area contributed by atoms with Crippen LogP contribution in [0.1, 0.15) is 21.6 Å². The van der Waals surface area contributed by atoms with Gasteiger partial charge in [-0.1, -0.05) is 29.8 Å². The van der Waals surface area contributed by atoms with E-state index in [1.54, 1.807) is 12.3 Å². The van der Waals surface area contributed by atoms with Gasteiger partial charge in [0.2, 0.25) is 0 Å². The van der Waals surface area contributed by atoms with E-state index in [4.69, 9.17) is 0 Å². The van der Waals surface area contributed by atoms with Gasteiger partial charge in [-0.25, -0.2) is 5.43 Å². The van der Waals surface area contributed by atoms with Crippen molar-refractivity contribution in [1.82, 2.24) is 20.2 Å². The number of carbonyl (C=O) groups excluding carboxylic acids is 1. The Bertz CT molecular complexity index is 842. The first kappa shape index (κ1) is 14.8. The minimum atomic E-state index is -0.332. The molecule has 0 saturated heterocycles. The van der Waals surface area contributed by atoms with E-state index in [0.29, 0.717) is 11.4 Å². The van der Waals surface area contributed by atoms with E-state index in [0.717, 1.165) is 11.3 Å². The predicted octanol–water partition coefficient (Wildman–Crippen LogP) is 2.49. The van der Waals surface area contributed by atoms with E-state index in [-0.39, 0.29) is 5.91 Å². The first-order valence-corrected chi connectivity index (χ1v) is 7.20. The molecule has 0 atom stereocenters. The van der Waals surface area contributed by atoms with E-state index in [2.05, 4.69) is 20.7 Å². The second-order valence-electron chi connectivity index (χ2n) is 5.28. The number of H-pyrrole nitrogens is 1. The monoisotopic (exact) mass is 307 g/mol. The van der Waals surface area contributed by atoms with Gasteiger partial charge >= 0.3 is 0 Å². The van der Waals surface area contributed by atoms with Crippen molar-refractivity contribution in [1.29, 1.82) is 0 Å². The number of aromatic amines is 1. The molecule has 2 aromatic heterocycles. The second kappa shape index (κ2) is 6.31. The lowest BCUT2D eigenvalue weighted by Gasteiger charge is -1.97. The van der Waals surface area contributed by atoms with Crippen LogP contribution in [0.15, 0.2) is 53.8 Å². The topological polar surface area (TPSA) is 75.1 Å². The van der Waals surface area contributed by atoms with Gasteiger partial charge in [-0.3, -0.25) is 9.89 Å². The van der Waals surface area contributed by atoms with Gasteiger partial charge in [0.15, 0.2) is 0 Å². The van der Waals surface area contributed by atoms with Crippen LogP contribution in [0.5, 0.6) is 0 Å². The normalized spacial score (nSPS) is 11.0. The Morgan fingerprint density at radius 3 is 2.78 bits per heavy atom. The van der Waals surface area contributed by atoms with Crippen LogP contribution in [0, 0.1) is 6.92 Å². The Kier molecular flexibility index (Phi) is 4.05. The van der Waals surface area contributed by atoms with Gasteiger partial charge < -0.3 is 4.57 Å². The lowest BCUT2D eigenvalue weighted by molar-refractivity contribution is 0.0950. The fraction of sp³-hybridized carbons (Fsp3) is 0.118. The van der Waals surface area contributed by atoms with E-state index in [9.17, 15) is 4.79 Å². The van der Waals surface area contributed by atoms with E-state index < -0.39 is 0 Å². The highest BCUT2D eigenvalue weighted by Gasteiger charge is 2.11. The molecule has 0 aliphatic carbocycles. The van der Waals surface area contributed by atoms with Gasteiger partial charge in [0.25, 0.3) is 5.91 Å². The summed E-state index contributed by atoms with van der Waals surface area (Å²) in [6, 6.07) is 13.4. The van der Waals surface area contributed by atoms with Gasteiger partial charge in [0, 0.05) is 13.2 Å². The molecule has 0 radical (unpaired) electrons. The number of benzene rings is 1. The van der Waals surface area contributed by atoms with Crippen molar-refractivity contribution < 1.29 is 4.79 Å². The summed E-state index contributed by atoms with van der Waals surface area (Å²) in [5, 5.41) is 10.8. The maximum atomic E-state index is 12.1. The highest BCUT2D eigenvalue weighted by atomic mass is 16.2. The number of hydrogen-bond acceptors (Lipinski definition) is 3. The van der Waals surface area contributed by atoms with Gasteiger partial charge in [0.05, 0.1) is 11.9 Å². The highest BCUT2D eigenvalue weighted by Crippen LogP contribution is 2.17. The zero-order valence-electron chi connectivity index (χ0n) is 12.9. The van der Waals surface area contributed by atoms with Crippen molar-refractivity contribution in [2.24, 2.45) is 12.1 Å². The Morgan fingerprint density at radius 2 is 2.09 bits per heavy atom. The molecule has 116 valence electrons. The summed E-state index contributed by atoms with van der Waals surface area (Å²) in [5.74, 6) is -0.332. The van der Waals surface area contributed by atoms with Crippen LogP contribution in [0.25, 0.3) is 11.4 Å². The highest BCUT2D eigenvalue weighted by molar-refractivity contribution is 5.94. The van der Waals surface area contributed by atoms with Gasteiger partial charge in [0.1, 0.15) is 11.4 Å². The standard InChI is InChI=1S/C17H17N5O/c1-12-5-7-13(8-6-12)11-18-21-17(23)15-10-14(19-20-15)16-4-3-9-22(16)2/h3-11H,1-2H3,(H,19,20)(H,21,23). The number of aromatic nitrogens is 3. The molecule has 2 heterocycles. The average Bonchev–Trinajstić information content (AvgIpc) is 3.17. The van der Waals surface area contributed by atoms with Crippen LogP contribution >= 0.6 is 0 Å². The number of amides is 1. The van der Waals surface area contributed by atoms with Gasteiger partial charge in [-0.2, -0.15) is 10.2 Å². The lowest BCUT2D eigenvalue weighted by atomic mass is 10.2. The smallest absolute Gasteiger partial charge is 0.289 e. The molecule has 0 aliphatic rings. The number of hydrogen-bond donors (Lipinski definition) is 2. The van der Waals surface area contributed by atoms with E-state index in [1.165, 1.54) is 5.56 Å². The number of nitrogens with zero attached hydrogens (tertiary/aromatic N) is 3. The molecular weight excluding hydrogens is 290 g/mol. The molecule has 0 bridgehead atoms. The van der Waals surface area contributed by atoms with Crippen molar-refractivity contribution in [3.8, 4) is 11.4 Å².